The third kappa shape index (κ3) is 3.23. The maximum Gasteiger partial charge on any atom is 0.311 e. The monoisotopic (exact) mass is 308 g/mol. The molecule has 0 radical (unpaired) electrons. The van der Waals surface area contributed by atoms with Crippen molar-refractivity contribution in [1.29, 1.82) is 0 Å². The number of para-hydroxylation sites is 1. The van der Waals surface area contributed by atoms with Crippen LogP contribution in [0.4, 0.5) is 0 Å². The number of benzene rings is 2. The highest BCUT2D eigenvalue weighted by atomic mass is 16.5. The van der Waals surface area contributed by atoms with Crippen LogP contribution in [-0.4, -0.2) is 27.7 Å². The molecule has 0 fully saturated rings. The summed E-state index contributed by atoms with van der Waals surface area (Å²) in [5.41, 5.74) is 2.52. The summed E-state index contributed by atoms with van der Waals surface area (Å²) in [5.74, 6) is 0.352. The summed E-state index contributed by atoms with van der Waals surface area (Å²) < 4.78 is 6.97. The molecular weight excluding hydrogens is 292 g/mol. The first-order chi connectivity index (χ1) is 11.2. The number of ether oxygens (including phenoxy) is 1. The van der Waals surface area contributed by atoms with Gasteiger partial charge < -0.3 is 14.4 Å². The van der Waals surface area contributed by atoms with Crippen LogP contribution in [0.2, 0.25) is 0 Å². The number of methoxy groups -OCH3 is 1. The van der Waals surface area contributed by atoms with E-state index < -0.39 is 5.97 Å². The molecule has 0 saturated carbocycles. The van der Waals surface area contributed by atoms with Crippen molar-refractivity contribution in [2.45, 2.75) is 6.42 Å². The maximum absolute atomic E-state index is 11.1. The second-order valence-electron chi connectivity index (χ2n) is 5.05. The summed E-state index contributed by atoms with van der Waals surface area (Å²) in [6.45, 7) is 0. The van der Waals surface area contributed by atoms with Crippen molar-refractivity contribution < 1.29 is 14.6 Å². The number of imidazole rings is 1. The summed E-state index contributed by atoms with van der Waals surface area (Å²) in [6, 6.07) is 17.1. The van der Waals surface area contributed by atoms with Gasteiger partial charge in [0.25, 0.3) is 0 Å². The first kappa shape index (κ1) is 14.8. The second kappa shape index (κ2) is 6.36. The van der Waals surface area contributed by atoms with Crippen LogP contribution in [0.15, 0.2) is 60.8 Å². The van der Waals surface area contributed by atoms with Gasteiger partial charge in [0, 0.05) is 17.4 Å². The molecule has 0 aliphatic heterocycles. The minimum atomic E-state index is -0.908. The fourth-order valence-electron chi connectivity index (χ4n) is 2.39. The standard InChI is InChI=1S/C18H16N2O3/c1-23-15-9-7-13(8-10-15)16-12-20(14-5-3-2-4-6-14)17(19-16)11-18(21)22/h2-10,12H,11H2,1H3,(H,21,22). The highest BCUT2D eigenvalue weighted by Crippen LogP contribution is 2.24. The molecule has 0 spiro atoms. The Morgan fingerprint density at radius 2 is 1.83 bits per heavy atom. The molecular formula is C18H16N2O3. The molecule has 3 rings (SSSR count). The Balaban J connectivity index is 2.05. The molecule has 0 aliphatic carbocycles. The molecule has 0 bridgehead atoms. The lowest BCUT2D eigenvalue weighted by molar-refractivity contribution is -0.136. The largest absolute Gasteiger partial charge is 0.497 e. The Morgan fingerprint density at radius 1 is 1.13 bits per heavy atom. The lowest BCUT2D eigenvalue weighted by Gasteiger charge is -2.05. The SMILES string of the molecule is COc1ccc(-c2cn(-c3ccccc3)c(CC(=O)O)n2)cc1. The Bertz CT molecular complexity index is 808. The van der Waals surface area contributed by atoms with Crippen molar-refractivity contribution in [1.82, 2.24) is 9.55 Å². The first-order valence-electron chi connectivity index (χ1n) is 7.17. The van der Waals surface area contributed by atoms with Gasteiger partial charge in [0.15, 0.2) is 0 Å². The number of nitrogens with zero attached hydrogens (tertiary/aromatic N) is 2. The van der Waals surface area contributed by atoms with Gasteiger partial charge in [-0.15, -0.1) is 0 Å². The summed E-state index contributed by atoms with van der Waals surface area (Å²) in [4.78, 5) is 15.6. The van der Waals surface area contributed by atoms with Gasteiger partial charge >= 0.3 is 5.97 Å². The summed E-state index contributed by atoms with van der Waals surface area (Å²) in [6.07, 6.45) is 1.72. The molecule has 0 unspecified atom stereocenters. The van der Waals surface area contributed by atoms with Crippen LogP contribution in [0.25, 0.3) is 16.9 Å². The predicted molar refractivity (Wildman–Crippen MR) is 86.9 cm³/mol. The Kier molecular flexibility index (Phi) is 4.10. The van der Waals surface area contributed by atoms with Crippen LogP contribution < -0.4 is 4.74 Å². The number of hydrogen-bond donors (Lipinski definition) is 1. The van der Waals surface area contributed by atoms with Gasteiger partial charge in [-0.3, -0.25) is 4.79 Å². The molecule has 5 nitrogen and oxygen atoms in total. The van der Waals surface area contributed by atoms with E-state index in [-0.39, 0.29) is 6.42 Å². The van der Waals surface area contributed by atoms with E-state index in [0.717, 1.165) is 22.7 Å². The number of hydrogen-bond acceptors (Lipinski definition) is 3. The van der Waals surface area contributed by atoms with Gasteiger partial charge in [0.2, 0.25) is 0 Å². The normalized spacial score (nSPS) is 10.5. The molecule has 0 aliphatic rings. The smallest absolute Gasteiger partial charge is 0.311 e. The van der Waals surface area contributed by atoms with E-state index in [2.05, 4.69) is 4.98 Å². The van der Waals surface area contributed by atoms with Crippen molar-refractivity contribution >= 4 is 5.97 Å². The minimum absolute atomic E-state index is 0.134. The number of carboxylic acid groups (broad SMARTS) is 1. The molecule has 1 heterocycles. The van der Waals surface area contributed by atoms with Gasteiger partial charge in [0.05, 0.1) is 12.8 Å². The van der Waals surface area contributed by atoms with E-state index in [1.807, 2.05) is 65.4 Å². The van der Waals surface area contributed by atoms with Crippen LogP contribution in [-0.2, 0) is 11.2 Å². The van der Waals surface area contributed by atoms with E-state index in [9.17, 15) is 4.79 Å². The van der Waals surface area contributed by atoms with Gasteiger partial charge in [-0.1, -0.05) is 18.2 Å². The van der Waals surface area contributed by atoms with Crippen molar-refractivity contribution in [3.63, 3.8) is 0 Å². The lowest BCUT2D eigenvalue weighted by atomic mass is 10.1. The lowest BCUT2D eigenvalue weighted by Crippen LogP contribution is -2.07. The average Bonchev–Trinajstić information content (AvgIpc) is 2.99. The van der Waals surface area contributed by atoms with E-state index in [1.165, 1.54) is 0 Å². The third-order valence-electron chi connectivity index (χ3n) is 3.51. The summed E-state index contributed by atoms with van der Waals surface area (Å²) >= 11 is 0. The number of aromatic nitrogens is 2. The molecule has 1 aromatic heterocycles. The van der Waals surface area contributed by atoms with E-state index in [1.54, 1.807) is 7.11 Å². The molecule has 23 heavy (non-hydrogen) atoms. The van der Waals surface area contributed by atoms with Gasteiger partial charge in [0.1, 0.15) is 18.0 Å². The first-order valence-corrected chi connectivity index (χ1v) is 7.17. The molecule has 116 valence electrons. The number of carboxylic acids is 1. The summed E-state index contributed by atoms with van der Waals surface area (Å²) in [5, 5.41) is 9.12. The van der Waals surface area contributed by atoms with Gasteiger partial charge in [-0.25, -0.2) is 4.98 Å². The zero-order valence-electron chi connectivity index (χ0n) is 12.6. The van der Waals surface area contributed by atoms with Crippen molar-refractivity contribution in [2.24, 2.45) is 0 Å². The molecule has 2 aromatic carbocycles. The van der Waals surface area contributed by atoms with Crippen LogP contribution in [0.5, 0.6) is 5.75 Å². The topological polar surface area (TPSA) is 64.3 Å². The van der Waals surface area contributed by atoms with Crippen LogP contribution in [0, 0.1) is 0 Å². The van der Waals surface area contributed by atoms with E-state index in [4.69, 9.17) is 9.84 Å². The maximum atomic E-state index is 11.1. The fraction of sp³-hybridized carbons (Fsp3) is 0.111. The Hall–Kier alpha value is -3.08. The minimum Gasteiger partial charge on any atom is -0.497 e. The van der Waals surface area contributed by atoms with Crippen molar-refractivity contribution in [3.8, 4) is 22.7 Å². The molecule has 3 aromatic rings. The second-order valence-corrected chi connectivity index (χ2v) is 5.05. The van der Waals surface area contributed by atoms with Crippen LogP contribution in [0.1, 0.15) is 5.82 Å². The van der Waals surface area contributed by atoms with Gasteiger partial charge in [-0.05, 0) is 36.4 Å². The molecule has 0 amide bonds. The Labute approximate surface area is 133 Å². The summed E-state index contributed by atoms with van der Waals surface area (Å²) in [7, 11) is 1.62. The molecule has 0 saturated heterocycles. The van der Waals surface area contributed by atoms with Gasteiger partial charge in [-0.2, -0.15) is 0 Å². The van der Waals surface area contributed by atoms with E-state index in [0.29, 0.717) is 5.82 Å². The number of rotatable bonds is 5. The fourth-order valence-corrected chi connectivity index (χ4v) is 2.39. The highest BCUT2D eigenvalue weighted by molar-refractivity contribution is 5.70. The number of aliphatic carboxylic acids is 1. The predicted octanol–water partition coefficient (Wildman–Crippen LogP) is 3.18. The zero-order chi connectivity index (χ0) is 16.2. The van der Waals surface area contributed by atoms with Crippen LogP contribution in [0.3, 0.4) is 0 Å². The van der Waals surface area contributed by atoms with Crippen LogP contribution >= 0.6 is 0 Å². The highest BCUT2D eigenvalue weighted by Gasteiger charge is 2.14. The molecule has 0 atom stereocenters. The Morgan fingerprint density at radius 3 is 2.43 bits per heavy atom. The zero-order valence-corrected chi connectivity index (χ0v) is 12.6. The molecule has 1 N–H and O–H groups in total. The quantitative estimate of drug-likeness (QED) is 0.786. The number of carbonyl (C=O) groups is 1. The van der Waals surface area contributed by atoms with Crippen molar-refractivity contribution in [2.75, 3.05) is 7.11 Å². The third-order valence-corrected chi connectivity index (χ3v) is 3.51. The molecule has 5 heteroatoms. The van der Waals surface area contributed by atoms with E-state index >= 15 is 0 Å². The average molecular weight is 308 g/mol. The van der Waals surface area contributed by atoms with Crippen molar-refractivity contribution in [3.05, 3.63) is 66.6 Å².